The molecule has 0 saturated carbocycles. The molecule has 0 atom stereocenters. The van der Waals surface area contributed by atoms with Gasteiger partial charge in [0.15, 0.2) is 0 Å². The molecule has 0 bridgehead atoms. The fraction of sp³-hybridized carbons (Fsp3) is 0.250. The van der Waals surface area contributed by atoms with Crippen LogP contribution in [0.5, 0.6) is 17.4 Å². The number of H-pyrrole nitrogens is 1. The molecular weight excluding hydrogens is 396 g/mol. The van der Waals surface area contributed by atoms with E-state index in [0.717, 1.165) is 33.1 Å². The second-order valence-corrected chi connectivity index (χ2v) is 7.53. The van der Waals surface area contributed by atoms with Crippen LogP contribution in [0.1, 0.15) is 25.0 Å². The van der Waals surface area contributed by atoms with Crippen molar-refractivity contribution in [3.8, 4) is 17.4 Å². The van der Waals surface area contributed by atoms with Gasteiger partial charge in [0, 0.05) is 23.4 Å². The van der Waals surface area contributed by atoms with Gasteiger partial charge in [-0.2, -0.15) is 0 Å². The molecule has 7 heteroatoms. The summed E-state index contributed by atoms with van der Waals surface area (Å²) >= 11 is 0. The number of hydrogen-bond donors (Lipinski definition) is 1. The van der Waals surface area contributed by atoms with Crippen LogP contribution >= 0.6 is 0 Å². The highest BCUT2D eigenvalue weighted by atomic mass is 16.7. The van der Waals surface area contributed by atoms with Gasteiger partial charge in [-0.3, -0.25) is 0 Å². The molecule has 2 heterocycles. The Balaban J connectivity index is 1.79. The minimum atomic E-state index is -0.803. The van der Waals surface area contributed by atoms with Crippen molar-refractivity contribution in [3.63, 3.8) is 0 Å². The molecule has 7 nitrogen and oxygen atoms in total. The Hall–Kier alpha value is -3.58. The number of nitrogens with one attached hydrogen (secondary N) is 1. The lowest BCUT2D eigenvalue weighted by Crippen LogP contribution is -2.17. The Labute approximate surface area is 179 Å². The Morgan fingerprint density at radius 2 is 1.90 bits per heavy atom. The van der Waals surface area contributed by atoms with Crippen molar-refractivity contribution in [3.05, 3.63) is 59.8 Å². The van der Waals surface area contributed by atoms with Crippen LogP contribution in [-0.2, 0) is 16.1 Å². The Kier molecular flexibility index (Phi) is 5.77. The maximum Gasteiger partial charge on any atom is 0.515 e. The van der Waals surface area contributed by atoms with Crippen LogP contribution in [0.4, 0.5) is 4.79 Å². The number of rotatable bonds is 6. The van der Waals surface area contributed by atoms with Crippen molar-refractivity contribution in [2.75, 3.05) is 7.11 Å². The number of nitrogens with zero attached hydrogens (tertiary/aromatic N) is 1. The summed E-state index contributed by atoms with van der Waals surface area (Å²) in [5.74, 6) is 1.62. The lowest BCUT2D eigenvalue weighted by molar-refractivity contribution is 0.0705. The quantitative estimate of drug-likeness (QED) is 0.392. The smallest absolute Gasteiger partial charge is 0.457 e. The maximum atomic E-state index is 12.0. The number of aromatic amines is 1. The minimum absolute atomic E-state index is 0.158. The van der Waals surface area contributed by atoms with Crippen LogP contribution in [0.15, 0.2) is 48.7 Å². The van der Waals surface area contributed by atoms with Gasteiger partial charge in [-0.1, -0.05) is 12.1 Å². The first kappa shape index (κ1) is 20.7. The van der Waals surface area contributed by atoms with Crippen molar-refractivity contribution in [2.24, 2.45) is 0 Å². The summed E-state index contributed by atoms with van der Waals surface area (Å²) < 4.78 is 21.9. The molecule has 0 unspecified atom stereocenters. The molecule has 0 spiro atoms. The van der Waals surface area contributed by atoms with Gasteiger partial charge in [-0.25, -0.2) is 9.78 Å². The van der Waals surface area contributed by atoms with Crippen molar-refractivity contribution in [1.29, 1.82) is 0 Å². The van der Waals surface area contributed by atoms with E-state index >= 15 is 0 Å². The van der Waals surface area contributed by atoms with E-state index in [9.17, 15) is 4.79 Å². The monoisotopic (exact) mass is 420 g/mol. The van der Waals surface area contributed by atoms with E-state index < -0.39 is 6.16 Å². The van der Waals surface area contributed by atoms with Gasteiger partial charge in [0.1, 0.15) is 11.5 Å². The second kappa shape index (κ2) is 8.65. The van der Waals surface area contributed by atoms with Crippen molar-refractivity contribution in [2.45, 2.75) is 33.5 Å². The molecule has 4 rings (SSSR count). The molecule has 0 aliphatic carbocycles. The highest BCUT2D eigenvalue weighted by Crippen LogP contribution is 2.36. The van der Waals surface area contributed by atoms with Crippen LogP contribution in [0.3, 0.4) is 0 Å². The number of methoxy groups -OCH3 is 1. The zero-order valence-electron chi connectivity index (χ0n) is 17.9. The van der Waals surface area contributed by atoms with Crippen LogP contribution < -0.4 is 9.47 Å². The maximum absolute atomic E-state index is 12.0. The van der Waals surface area contributed by atoms with Gasteiger partial charge < -0.3 is 23.9 Å². The molecule has 2 aromatic heterocycles. The lowest BCUT2D eigenvalue weighted by Gasteiger charge is -2.12. The first-order valence-corrected chi connectivity index (χ1v) is 10.00. The van der Waals surface area contributed by atoms with Gasteiger partial charge in [0.2, 0.25) is 5.88 Å². The van der Waals surface area contributed by atoms with Gasteiger partial charge in [-0.05, 0) is 56.7 Å². The fourth-order valence-electron chi connectivity index (χ4n) is 3.46. The Bertz CT molecular complexity index is 1250. The number of fused-ring (bicyclic) bond motifs is 3. The van der Waals surface area contributed by atoms with E-state index in [1.807, 2.05) is 49.4 Å². The molecular formula is C24H24N2O5. The van der Waals surface area contributed by atoms with E-state index in [1.165, 1.54) is 0 Å². The van der Waals surface area contributed by atoms with Gasteiger partial charge in [0.25, 0.3) is 0 Å². The number of hydrogen-bond acceptors (Lipinski definition) is 6. The fourth-order valence-corrected chi connectivity index (χ4v) is 3.46. The SMILES string of the molecule is COCc1c(OC(=O)OC(C)C)ncc2[nH]c3ccc(Oc4cccc(C)c4)cc3c12. The first-order chi connectivity index (χ1) is 14.9. The van der Waals surface area contributed by atoms with Crippen LogP contribution in [0.25, 0.3) is 21.8 Å². The Morgan fingerprint density at radius 1 is 1.10 bits per heavy atom. The molecule has 1 N–H and O–H groups in total. The summed E-state index contributed by atoms with van der Waals surface area (Å²) in [4.78, 5) is 19.7. The second-order valence-electron chi connectivity index (χ2n) is 7.53. The van der Waals surface area contributed by atoms with E-state index in [1.54, 1.807) is 27.2 Å². The molecule has 0 saturated heterocycles. The number of pyridine rings is 1. The third kappa shape index (κ3) is 4.46. The predicted octanol–water partition coefficient (Wildman–Crippen LogP) is 5.89. The van der Waals surface area contributed by atoms with E-state index in [2.05, 4.69) is 9.97 Å². The zero-order chi connectivity index (χ0) is 22.0. The summed E-state index contributed by atoms with van der Waals surface area (Å²) in [6.07, 6.45) is 0.534. The largest absolute Gasteiger partial charge is 0.515 e. The van der Waals surface area contributed by atoms with Crippen molar-refractivity contribution in [1.82, 2.24) is 9.97 Å². The molecule has 0 radical (unpaired) electrons. The highest BCUT2D eigenvalue weighted by Gasteiger charge is 2.19. The van der Waals surface area contributed by atoms with Crippen LogP contribution in [-0.4, -0.2) is 29.3 Å². The average molecular weight is 420 g/mol. The molecule has 4 aromatic rings. The summed E-state index contributed by atoms with van der Waals surface area (Å²) in [6, 6.07) is 13.7. The predicted molar refractivity (Wildman–Crippen MR) is 118 cm³/mol. The standard InChI is InChI=1S/C24H24N2O5/c1-14(2)29-24(27)31-23-19(13-28-4)22-18-11-17(30-16-7-5-6-15(3)10-16)8-9-20(18)26-21(22)12-25-23/h5-12,14,26H,13H2,1-4H3. The summed E-state index contributed by atoms with van der Waals surface area (Å²) in [5, 5.41) is 1.77. The number of carbonyl (C=O) groups excluding carboxylic acids is 1. The summed E-state index contributed by atoms with van der Waals surface area (Å²) in [7, 11) is 1.58. The van der Waals surface area contributed by atoms with Gasteiger partial charge in [-0.15, -0.1) is 0 Å². The third-order valence-corrected chi connectivity index (χ3v) is 4.70. The van der Waals surface area contributed by atoms with Crippen LogP contribution in [0.2, 0.25) is 0 Å². The molecule has 31 heavy (non-hydrogen) atoms. The molecule has 160 valence electrons. The molecule has 2 aromatic carbocycles. The lowest BCUT2D eigenvalue weighted by atomic mass is 10.1. The van der Waals surface area contributed by atoms with Gasteiger partial charge in [0.05, 0.1) is 30.0 Å². The molecule has 0 aliphatic rings. The van der Waals surface area contributed by atoms with E-state index in [4.69, 9.17) is 18.9 Å². The van der Waals surface area contributed by atoms with Crippen molar-refractivity contribution < 1.29 is 23.7 Å². The zero-order valence-corrected chi connectivity index (χ0v) is 17.9. The molecule has 0 amide bonds. The van der Waals surface area contributed by atoms with E-state index in [-0.39, 0.29) is 18.6 Å². The molecule has 0 fully saturated rings. The topological polar surface area (TPSA) is 82.7 Å². The number of aromatic nitrogens is 2. The first-order valence-electron chi connectivity index (χ1n) is 10.00. The molecule has 0 aliphatic heterocycles. The number of carbonyl (C=O) groups is 1. The number of benzene rings is 2. The Morgan fingerprint density at radius 3 is 2.65 bits per heavy atom. The highest BCUT2D eigenvalue weighted by molar-refractivity contribution is 6.09. The van der Waals surface area contributed by atoms with Crippen LogP contribution in [0, 0.1) is 6.92 Å². The normalized spacial score (nSPS) is 11.3. The van der Waals surface area contributed by atoms with E-state index in [0.29, 0.717) is 11.3 Å². The number of aryl methyl sites for hydroxylation is 1. The third-order valence-electron chi connectivity index (χ3n) is 4.70. The number of ether oxygens (including phenoxy) is 4. The summed E-state index contributed by atoms with van der Waals surface area (Å²) in [6.45, 7) is 5.74. The van der Waals surface area contributed by atoms with Gasteiger partial charge >= 0.3 is 6.16 Å². The minimum Gasteiger partial charge on any atom is -0.457 e. The average Bonchev–Trinajstić information content (AvgIpc) is 3.07. The summed E-state index contributed by atoms with van der Waals surface area (Å²) in [5.41, 5.74) is 3.49. The van der Waals surface area contributed by atoms with Crippen molar-refractivity contribution >= 4 is 28.0 Å².